The summed E-state index contributed by atoms with van der Waals surface area (Å²) >= 11 is 0. The largest absolute Gasteiger partial charge is 0.334 e. The molecule has 0 spiro atoms. The van der Waals surface area contributed by atoms with Crippen LogP contribution in [-0.4, -0.2) is 25.8 Å². The van der Waals surface area contributed by atoms with E-state index < -0.39 is 10.0 Å². The summed E-state index contributed by atoms with van der Waals surface area (Å²) in [4.78, 5) is 15.0. The number of fused-ring (bicyclic) bond motifs is 1. The fourth-order valence-corrected chi connectivity index (χ4v) is 4.92. The van der Waals surface area contributed by atoms with Crippen LogP contribution in [0.5, 0.6) is 0 Å². The highest BCUT2D eigenvalue weighted by atomic mass is 32.2. The van der Waals surface area contributed by atoms with E-state index in [2.05, 4.69) is 10.8 Å². The Bertz CT molecular complexity index is 1160. The number of rotatable bonds is 4. The van der Waals surface area contributed by atoms with Gasteiger partial charge < -0.3 is 4.90 Å². The minimum atomic E-state index is -3.80. The summed E-state index contributed by atoms with van der Waals surface area (Å²) in [7, 11) is -3.80. The highest BCUT2D eigenvalue weighted by Gasteiger charge is 2.24. The van der Waals surface area contributed by atoms with Gasteiger partial charge >= 0.3 is 0 Å². The zero-order valence-electron chi connectivity index (χ0n) is 16.1. The Morgan fingerprint density at radius 3 is 2.38 bits per heavy atom. The van der Waals surface area contributed by atoms with Crippen molar-refractivity contribution in [1.29, 1.82) is 0 Å². The molecular formula is C23H22N2O3S. The van der Waals surface area contributed by atoms with Crippen molar-refractivity contribution in [1.82, 2.24) is 4.90 Å². The molecule has 148 valence electrons. The molecule has 1 aliphatic rings. The summed E-state index contributed by atoms with van der Waals surface area (Å²) in [6, 6.07) is 21.7. The van der Waals surface area contributed by atoms with Gasteiger partial charge in [0.25, 0.3) is 15.9 Å². The van der Waals surface area contributed by atoms with Crippen LogP contribution >= 0.6 is 0 Å². The van der Waals surface area contributed by atoms with Gasteiger partial charge in [0.2, 0.25) is 0 Å². The van der Waals surface area contributed by atoms with Gasteiger partial charge in [-0.05, 0) is 54.3 Å². The fraction of sp³-hybridized carbons (Fsp3) is 0.174. The van der Waals surface area contributed by atoms with Crippen LogP contribution < -0.4 is 4.72 Å². The lowest BCUT2D eigenvalue weighted by Crippen LogP contribution is -2.36. The van der Waals surface area contributed by atoms with Crippen LogP contribution in [-0.2, 0) is 23.0 Å². The number of aryl methyl sites for hydroxylation is 1. The molecule has 3 aromatic rings. The molecule has 0 fully saturated rings. The van der Waals surface area contributed by atoms with E-state index in [0.717, 1.165) is 12.0 Å². The number of carbonyl (C=O) groups is 1. The van der Waals surface area contributed by atoms with Crippen LogP contribution in [0.2, 0.25) is 0 Å². The van der Waals surface area contributed by atoms with Crippen LogP contribution in [0.3, 0.4) is 0 Å². The third-order valence-electron chi connectivity index (χ3n) is 5.17. The van der Waals surface area contributed by atoms with Crippen molar-refractivity contribution >= 4 is 21.6 Å². The Labute approximate surface area is 171 Å². The van der Waals surface area contributed by atoms with Crippen molar-refractivity contribution in [2.24, 2.45) is 0 Å². The quantitative estimate of drug-likeness (QED) is 0.712. The highest BCUT2D eigenvalue weighted by Crippen LogP contribution is 2.24. The number of nitrogens with zero attached hydrogens (tertiary/aromatic N) is 1. The van der Waals surface area contributed by atoms with E-state index in [1.807, 2.05) is 24.3 Å². The Balaban J connectivity index is 1.61. The molecule has 0 atom stereocenters. The topological polar surface area (TPSA) is 66.5 Å². The first-order valence-electron chi connectivity index (χ1n) is 9.48. The third kappa shape index (κ3) is 4.03. The van der Waals surface area contributed by atoms with Crippen LogP contribution in [0, 0.1) is 6.92 Å². The maximum absolute atomic E-state index is 13.1. The highest BCUT2D eigenvalue weighted by molar-refractivity contribution is 7.92. The SMILES string of the molecule is Cc1ccc(C(=O)N2CCc3ccccc3C2)cc1S(=O)(=O)Nc1ccccc1. The first-order valence-corrected chi connectivity index (χ1v) is 11.0. The molecule has 4 rings (SSSR count). The molecule has 5 nitrogen and oxygen atoms in total. The third-order valence-corrected chi connectivity index (χ3v) is 6.69. The second-order valence-electron chi connectivity index (χ2n) is 7.20. The molecule has 0 saturated heterocycles. The average molecular weight is 407 g/mol. The van der Waals surface area contributed by atoms with Crippen LogP contribution in [0.4, 0.5) is 5.69 Å². The Kier molecular flexibility index (Phi) is 5.11. The molecule has 1 amide bonds. The predicted molar refractivity (Wildman–Crippen MR) is 113 cm³/mol. The van der Waals surface area contributed by atoms with E-state index in [1.54, 1.807) is 48.2 Å². The zero-order chi connectivity index (χ0) is 20.4. The summed E-state index contributed by atoms with van der Waals surface area (Å²) < 4.78 is 28.4. The minimum absolute atomic E-state index is 0.115. The molecule has 1 aliphatic heterocycles. The van der Waals surface area contributed by atoms with Gasteiger partial charge in [0.15, 0.2) is 0 Å². The van der Waals surface area contributed by atoms with E-state index in [4.69, 9.17) is 0 Å². The molecule has 3 aromatic carbocycles. The minimum Gasteiger partial charge on any atom is -0.334 e. The van der Waals surface area contributed by atoms with Crippen molar-refractivity contribution in [3.8, 4) is 0 Å². The lowest BCUT2D eigenvalue weighted by molar-refractivity contribution is 0.0734. The van der Waals surface area contributed by atoms with Crippen molar-refractivity contribution in [2.75, 3.05) is 11.3 Å². The molecule has 0 radical (unpaired) electrons. The smallest absolute Gasteiger partial charge is 0.262 e. The molecule has 6 heteroatoms. The molecule has 1 heterocycles. The van der Waals surface area contributed by atoms with Gasteiger partial charge in [-0.15, -0.1) is 0 Å². The lowest BCUT2D eigenvalue weighted by atomic mass is 9.99. The molecular weight excluding hydrogens is 384 g/mol. The molecule has 0 bridgehead atoms. The van der Waals surface area contributed by atoms with Crippen molar-refractivity contribution < 1.29 is 13.2 Å². The number of nitrogens with one attached hydrogen (secondary N) is 1. The number of hydrogen-bond acceptors (Lipinski definition) is 3. The maximum Gasteiger partial charge on any atom is 0.262 e. The number of anilines is 1. The molecule has 0 unspecified atom stereocenters. The number of amides is 1. The molecule has 29 heavy (non-hydrogen) atoms. The Morgan fingerprint density at radius 2 is 1.62 bits per heavy atom. The second kappa shape index (κ2) is 7.72. The van der Waals surface area contributed by atoms with Gasteiger partial charge in [0.05, 0.1) is 4.90 Å². The van der Waals surface area contributed by atoms with Crippen molar-refractivity contribution in [3.63, 3.8) is 0 Å². The van der Waals surface area contributed by atoms with E-state index in [9.17, 15) is 13.2 Å². The van der Waals surface area contributed by atoms with E-state index in [0.29, 0.717) is 29.9 Å². The molecule has 1 N–H and O–H groups in total. The summed E-state index contributed by atoms with van der Waals surface area (Å²) in [6.07, 6.45) is 0.800. The summed E-state index contributed by atoms with van der Waals surface area (Å²) in [5.74, 6) is -0.157. The van der Waals surface area contributed by atoms with Gasteiger partial charge in [-0.2, -0.15) is 0 Å². The van der Waals surface area contributed by atoms with Crippen LogP contribution in [0.25, 0.3) is 0 Å². The lowest BCUT2D eigenvalue weighted by Gasteiger charge is -2.29. The first kappa shape index (κ1) is 19.2. The van der Waals surface area contributed by atoms with Crippen LogP contribution in [0.1, 0.15) is 27.0 Å². The predicted octanol–water partition coefficient (Wildman–Crippen LogP) is 3.99. The average Bonchev–Trinajstić information content (AvgIpc) is 2.73. The second-order valence-corrected chi connectivity index (χ2v) is 8.85. The van der Waals surface area contributed by atoms with Crippen LogP contribution in [0.15, 0.2) is 77.7 Å². The normalized spacial score (nSPS) is 13.6. The number of benzene rings is 3. The van der Waals surface area contributed by atoms with Crippen molar-refractivity contribution in [2.45, 2.75) is 24.8 Å². The molecule has 0 saturated carbocycles. The van der Waals surface area contributed by atoms with Gasteiger partial charge in [0, 0.05) is 24.3 Å². The summed E-state index contributed by atoms with van der Waals surface area (Å²) in [6.45, 7) is 2.88. The summed E-state index contributed by atoms with van der Waals surface area (Å²) in [5.41, 5.74) is 3.85. The fourth-order valence-electron chi connectivity index (χ4n) is 3.59. The van der Waals surface area contributed by atoms with Gasteiger partial charge in [-0.25, -0.2) is 8.42 Å². The Morgan fingerprint density at radius 1 is 0.931 bits per heavy atom. The van der Waals surface area contributed by atoms with Crippen molar-refractivity contribution in [3.05, 3.63) is 95.1 Å². The number of para-hydroxylation sites is 1. The standard InChI is InChI=1S/C23H22N2O3S/c1-17-11-12-19(15-22(17)29(27,28)24-21-9-3-2-4-10-21)23(26)25-14-13-18-7-5-6-8-20(18)16-25/h2-12,15,24H,13-14,16H2,1H3. The molecule has 0 aromatic heterocycles. The van der Waals surface area contributed by atoms with E-state index in [1.165, 1.54) is 11.6 Å². The maximum atomic E-state index is 13.1. The first-order chi connectivity index (χ1) is 13.9. The van der Waals surface area contributed by atoms with E-state index >= 15 is 0 Å². The van der Waals surface area contributed by atoms with Gasteiger partial charge in [0.1, 0.15) is 0 Å². The molecule has 0 aliphatic carbocycles. The van der Waals surface area contributed by atoms with E-state index in [-0.39, 0.29) is 10.8 Å². The summed E-state index contributed by atoms with van der Waals surface area (Å²) in [5, 5.41) is 0. The number of hydrogen-bond donors (Lipinski definition) is 1. The van der Waals surface area contributed by atoms with Gasteiger partial charge in [-0.1, -0.05) is 48.5 Å². The zero-order valence-corrected chi connectivity index (χ0v) is 16.9. The number of sulfonamides is 1. The monoisotopic (exact) mass is 406 g/mol. The van der Waals surface area contributed by atoms with Gasteiger partial charge in [-0.3, -0.25) is 9.52 Å². The Hall–Kier alpha value is -3.12. The number of carbonyl (C=O) groups excluding carboxylic acids is 1.